The molecule has 27 heavy (non-hydrogen) atoms. The molecule has 1 unspecified atom stereocenters. The fourth-order valence-corrected chi connectivity index (χ4v) is 4.34. The number of likely N-dealkylation sites (tertiary alicyclic amines) is 2. The van der Waals surface area contributed by atoms with E-state index in [4.69, 9.17) is 0 Å². The number of hydrogen-bond donors (Lipinski definition) is 1. The second kappa shape index (κ2) is 7.89. The van der Waals surface area contributed by atoms with E-state index in [2.05, 4.69) is 4.90 Å². The van der Waals surface area contributed by atoms with E-state index in [-0.39, 0.29) is 23.0 Å². The summed E-state index contributed by atoms with van der Waals surface area (Å²) in [5.74, 6) is 0.197. The maximum absolute atomic E-state index is 13.0. The molecule has 2 fully saturated rings. The standard InChI is InChI=1S/C21H31N3O3/c1-16-6-4-7-17(19(16)26)20(27)24-11-5-9-21(15-24)10-8-18(25)23(14-21)13-12-22(2)3/h4,6-7,26H,5,8-15H2,1-3H3. The summed E-state index contributed by atoms with van der Waals surface area (Å²) >= 11 is 0. The molecule has 0 aliphatic carbocycles. The maximum atomic E-state index is 13.0. The van der Waals surface area contributed by atoms with Gasteiger partial charge in [0.1, 0.15) is 5.75 Å². The Morgan fingerprint density at radius 3 is 2.78 bits per heavy atom. The SMILES string of the molecule is Cc1cccc(C(=O)N2CCCC3(CCC(=O)N(CCN(C)C)C3)C2)c1O. The third-order valence-corrected chi connectivity index (χ3v) is 5.98. The minimum absolute atomic E-state index is 0.0203. The lowest BCUT2D eigenvalue weighted by molar-refractivity contribution is -0.139. The molecule has 6 nitrogen and oxygen atoms in total. The molecule has 2 heterocycles. The zero-order chi connectivity index (χ0) is 19.6. The lowest BCUT2D eigenvalue weighted by atomic mass is 9.73. The summed E-state index contributed by atoms with van der Waals surface area (Å²) in [5, 5.41) is 10.3. The van der Waals surface area contributed by atoms with Gasteiger partial charge in [0, 0.05) is 44.6 Å². The van der Waals surface area contributed by atoms with Crippen molar-refractivity contribution in [1.82, 2.24) is 14.7 Å². The van der Waals surface area contributed by atoms with E-state index >= 15 is 0 Å². The van der Waals surface area contributed by atoms with Crippen LogP contribution in [0.4, 0.5) is 0 Å². The van der Waals surface area contributed by atoms with Crippen molar-refractivity contribution >= 4 is 11.8 Å². The van der Waals surface area contributed by atoms with Crippen LogP contribution < -0.4 is 0 Å². The first-order valence-electron chi connectivity index (χ1n) is 9.82. The number of aryl methyl sites for hydroxylation is 1. The Morgan fingerprint density at radius 1 is 1.26 bits per heavy atom. The van der Waals surface area contributed by atoms with E-state index < -0.39 is 0 Å². The second-order valence-electron chi connectivity index (χ2n) is 8.42. The molecule has 1 spiro atoms. The van der Waals surface area contributed by atoms with Gasteiger partial charge in [-0.25, -0.2) is 0 Å². The Labute approximate surface area is 161 Å². The summed E-state index contributed by atoms with van der Waals surface area (Å²) in [6, 6.07) is 5.31. The van der Waals surface area contributed by atoms with Crippen molar-refractivity contribution in [2.24, 2.45) is 5.41 Å². The van der Waals surface area contributed by atoms with Crippen molar-refractivity contribution in [3.63, 3.8) is 0 Å². The summed E-state index contributed by atoms with van der Waals surface area (Å²) in [5.41, 5.74) is 1.07. The summed E-state index contributed by atoms with van der Waals surface area (Å²) in [6.45, 7) is 5.48. The second-order valence-corrected chi connectivity index (χ2v) is 8.42. The molecule has 2 aliphatic heterocycles. The molecule has 2 aliphatic rings. The molecule has 6 heteroatoms. The van der Waals surface area contributed by atoms with E-state index in [1.807, 2.05) is 30.0 Å². The molecule has 1 aromatic rings. The zero-order valence-electron chi connectivity index (χ0n) is 16.7. The van der Waals surface area contributed by atoms with Crippen LogP contribution in [-0.4, -0.2) is 78.4 Å². The molecule has 0 bridgehead atoms. The van der Waals surface area contributed by atoms with Crippen LogP contribution in [0, 0.1) is 12.3 Å². The monoisotopic (exact) mass is 373 g/mol. The average Bonchev–Trinajstić information content (AvgIpc) is 2.64. The minimum Gasteiger partial charge on any atom is -0.507 e. The van der Waals surface area contributed by atoms with Gasteiger partial charge < -0.3 is 19.8 Å². The highest BCUT2D eigenvalue weighted by Crippen LogP contribution is 2.39. The van der Waals surface area contributed by atoms with Gasteiger partial charge in [-0.05, 0) is 51.9 Å². The largest absolute Gasteiger partial charge is 0.507 e. The van der Waals surface area contributed by atoms with Gasteiger partial charge >= 0.3 is 0 Å². The number of carbonyl (C=O) groups excluding carboxylic acids is 2. The van der Waals surface area contributed by atoms with Crippen molar-refractivity contribution in [3.8, 4) is 5.75 Å². The van der Waals surface area contributed by atoms with E-state index in [0.29, 0.717) is 30.6 Å². The predicted octanol–water partition coefficient (Wildman–Crippen LogP) is 2.11. The van der Waals surface area contributed by atoms with Crippen LogP contribution in [0.5, 0.6) is 5.75 Å². The van der Waals surface area contributed by atoms with Crippen LogP contribution in [0.2, 0.25) is 0 Å². The number of piperidine rings is 2. The summed E-state index contributed by atoms with van der Waals surface area (Å²) in [4.78, 5) is 31.3. The topological polar surface area (TPSA) is 64.1 Å². The number of aromatic hydroxyl groups is 1. The molecule has 0 saturated carbocycles. The predicted molar refractivity (Wildman–Crippen MR) is 105 cm³/mol. The minimum atomic E-state index is -0.105. The molecule has 1 N–H and O–H groups in total. The van der Waals surface area contributed by atoms with Gasteiger partial charge in [0.15, 0.2) is 0 Å². The normalized spacial score (nSPS) is 23.3. The quantitative estimate of drug-likeness (QED) is 0.878. The van der Waals surface area contributed by atoms with Crippen molar-refractivity contribution in [2.75, 3.05) is 46.8 Å². The van der Waals surface area contributed by atoms with Crippen LogP contribution in [0.1, 0.15) is 41.6 Å². The lowest BCUT2D eigenvalue weighted by Crippen LogP contribution is -2.55. The third kappa shape index (κ3) is 4.26. The number of carbonyl (C=O) groups is 2. The van der Waals surface area contributed by atoms with Crippen LogP contribution >= 0.6 is 0 Å². The van der Waals surface area contributed by atoms with Crippen molar-refractivity contribution in [2.45, 2.75) is 32.6 Å². The number of phenolic OH excluding ortho intramolecular Hbond substituents is 1. The van der Waals surface area contributed by atoms with Gasteiger partial charge in [0.05, 0.1) is 5.56 Å². The number of hydrogen-bond acceptors (Lipinski definition) is 4. The van der Waals surface area contributed by atoms with Gasteiger partial charge in [-0.3, -0.25) is 9.59 Å². The average molecular weight is 373 g/mol. The van der Waals surface area contributed by atoms with Crippen LogP contribution in [-0.2, 0) is 4.79 Å². The molecule has 1 atom stereocenters. The Hall–Kier alpha value is -2.08. The lowest BCUT2D eigenvalue weighted by Gasteiger charge is -2.48. The fraction of sp³-hybridized carbons (Fsp3) is 0.619. The highest BCUT2D eigenvalue weighted by molar-refractivity contribution is 5.97. The molecule has 148 valence electrons. The van der Waals surface area contributed by atoms with Gasteiger partial charge in [-0.1, -0.05) is 12.1 Å². The zero-order valence-corrected chi connectivity index (χ0v) is 16.7. The Bertz CT molecular complexity index is 719. The van der Waals surface area contributed by atoms with Gasteiger partial charge in [-0.15, -0.1) is 0 Å². The van der Waals surface area contributed by atoms with Crippen molar-refractivity contribution in [3.05, 3.63) is 29.3 Å². The van der Waals surface area contributed by atoms with Crippen molar-refractivity contribution in [1.29, 1.82) is 0 Å². The molecule has 0 radical (unpaired) electrons. The van der Waals surface area contributed by atoms with Crippen LogP contribution in [0.3, 0.4) is 0 Å². The molecule has 0 aromatic heterocycles. The first-order chi connectivity index (χ1) is 12.8. The van der Waals surface area contributed by atoms with Crippen LogP contribution in [0.25, 0.3) is 0 Å². The van der Waals surface area contributed by atoms with Gasteiger partial charge in [0.25, 0.3) is 5.91 Å². The number of benzene rings is 1. The molecule has 1 aromatic carbocycles. The maximum Gasteiger partial charge on any atom is 0.257 e. The van der Waals surface area contributed by atoms with E-state index in [9.17, 15) is 14.7 Å². The van der Waals surface area contributed by atoms with E-state index in [1.165, 1.54) is 0 Å². The molecule has 2 saturated heterocycles. The number of para-hydroxylation sites is 1. The number of phenols is 1. The Kier molecular flexibility index (Phi) is 5.75. The molecular weight excluding hydrogens is 342 g/mol. The number of rotatable bonds is 4. The number of amides is 2. The smallest absolute Gasteiger partial charge is 0.257 e. The molecule has 2 amide bonds. The number of nitrogens with zero attached hydrogens (tertiary/aromatic N) is 3. The molecular formula is C21H31N3O3. The van der Waals surface area contributed by atoms with Gasteiger partial charge in [0.2, 0.25) is 5.91 Å². The van der Waals surface area contributed by atoms with E-state index in [1.54, 1.807) is 19.1 Å². The van der Waals surface area contributed by atoms with E-state index in [0.717, 1.165) is 38.9 Å². The Balaban J connectivity index is 1.73. The first-order valence-corrected chi connectivity index (χ1v) is 9.82. The van der Waals surface area contributed by atoms with Crippen molar-refractivity contribution < 1.29 is 14.7 Å². The van der Waals surface area contributed by atoms with Gasteiger partial charge in [-0.2, -0.15) is 0 Å². The highest BCUT2D eigenvalue weighted by Gasteiger charge is 2.43. The summed E-state index contributed by atoms with van der Waals surface area (Å²) in [7, 11) is 4.03. The van der Waals surface area contributed by atoms with Crippen LogP contribution in [0.15, 0.2) is 18.2 Å². The summed E-state index contributed by atoms with van der Waals surface area (Å²) < 4.78 is 0. The Morgan fingerprint density at radius 2 is 2.04 bits per heavy atom. The first kappa shape index (κ1) is 19.7. The number of likely N-dealkylation sites (N-methyl/N-ethyl adjacent to an activating group) is 1. The highest BCUT2D eigenvalue weighted by atomic mass is 16.3. The third-order valence-electron chi connectivity index (χ3n) is 5.98. The summed E-state index contributed by atoms with van der Waals surface area (Å²) in [6.07, 6.45) is 3.38. The fourth-order valence-electron chi connectivity index (χ4n) is 4.34. The molecule has 3 rings (SSSR count).